The Hall–Kier alpha value is -2.81. The number of furan rings is 1. The van der Waals surface area contributed by atoms with E-state index in [1.807, 2.05) is 11.8 Å². The summed E-state index contributed by atoms with van der Waals surface area (Å²) in [5.74, 6) is -0.179. The smallest absolute Gasteiger partial charge is 0.417 e. The second-order valence-corrected chi connectivity index (χ2v) is 6.92. The molecule has 0 spiro atoms. The fraction of sp³-hybridized carbons (Fsp3) is 0.400. The highest BCUT2D eigenvalue weighted by Gasteiger charge is 2.36. The minimum absolute atomic E-state index is 0.145. The van der Waals surface area contributed by atoms with Crippen molar-refractivity contribution in [1.29, 1.82) is 0 Å². The molecule has 3 rings (SSSR count). The standard InChI is InChI=1S/C20H22F3N3O3/c1-14(17-7-4-12-29-17)24-18(27)13-25-8-10-26(11-9-25)19(28)15-5-2-3-6-16(15)20(21,22)23/h2-7,12,14H,8-11,13H2,1H3,(H,24,27)/t14-/m0/s1. The van der Waals surface area contributed by atoms with Crippen molar-refractivity contribution in [3.63, 3.8) is 0 Å². The van der Waals surface area contributed by atoms with Crippen LogP contribution in [0.4, 0.5) is 13.2 Å². The van der Waals surface area contributed by atoms with Gasteiger partial charge in [0.25, 0.3) is 5.91 Å². The van der Waals surface area contributed by atoms with Crippen molar-refractivity contribution >= 4 is 11.8 Å². The summed E-state index contributed by atoms with van der Waals surface area (Å²) in [6.07, 6.45) is -3.05. The Morgan fingerprint density at radius 1 is 1.10 bits per heavy atom. The molecule has 6 nitrogen and oxygen atoms in total. The van der Waals surface area contributed by atoms with Crippen LogP contribution in [0.15, 0.2) is 47.1 Å². The molecule has 2 aromatic rings. The second kappa shape index (κ2) is 8.69. The van der Waals surface area contributed by atoms with Crippen molar-refractivity contribution in [2.45, 2.75) is 19.1 Å². The van der Waals surface area contributed by atoms with Crippen LogP contribution in [0.5, 0.6) is 0 Å². The van der Waals surface area contributed by atoms with E-state index in [1.165, 1.54) is 29.4 Å². The van der Waals surface area contributed by atoms with Crippen LogP contribution in [0.3, 0.4) is 0 Å². The number of benzene rings is 1. The van der Waals surface area contributed by atoms with Crippen molar-refractivity contribution in [1.82, 2.24) is 15.1 Å². The molecule has 1 saturated heterocycles. The van der Waals surface area contributed by atoms with Gasteiger partial charge in [-0.2, -0.15) is 13.2 Å². The zero-order valence-electron chi connectivity index (χ0n) is 15.9. The number of piperazine rings is 1. The number of amides is 2. The molecule has 2 heterocycles. The maximum absolute atomic E-state index is 13.2. The van der Waals surface area contributed by atoms with Gasteiger partial charge in [-0.05, 0) is 31.2 Å². The number of nitrogens with zero attached hydrogens (tertiary/aromatic N) is 2. The Bertz CT molecular complexity index is 844. The summed E-state index contributed by atoms with van der Waals surface area (Å²) in [5, 5.41) is 2.83. The Balaban J connectivity index is 1.53. The normalized spacial score (nSPS) is 16.5. The zero-order valence-corrected chi connectivity index (χ0v) is 15.9. The predicted octanol–water partition coefficient (Wildman–Crippen LogP) is 2.93. The molecule has 0 radical (unpaired) electrons. The van der Waals surface area contributed by atoms with Gasteiger partial charge in [-0.25, -0.2) is 0 Å². The summed E-state index contributed by atoms with van der Waals surface area (Å²) >= 11 is 0. The van der Waals surface area contributed by atoms with Gasteiger partial charge in [0.05, 0.1) is 30.0 Å². The minimum atomic E-state index is -4.59. The van der Waals surface area contributed by atoms with E-state index in [-0.39, 0.29) is 37.1 Å². The highest BCUT2D eigenvalue weighted by atomic mass is 19.4. The molecule has 9 heteroatoms. The van der Waals surface area contributed by atoms with Gasteiger partial charge >= 0.3 is 6.18 Å². The first-order chi connectivity index (χ1) is 13.8. The van der Waals surface area contributed by atoms with Crippen molar-refractivity contribution in [3.05, 3.63) is 59.5 Å². The average molecular weight is 409 g/mol. The van der Waals surface area contributed by atoms with Gasteiger partial charge in [-0.1, -0.05) is 12.1 Å². The Kier molecular flexibility index (Phi) is 6.26. The monoisotopic (exact) mass is 409 g/mol. The molecule has 1 N–H and O–H groups in total. The van der Waals surface area contributed by atoms with Gasteiger partial charge in [0.2, 0.25) is 5.91 Å². The van der Waals surface area contributed by atoms with Crippen LogP contribution >= 0.6 is 0 Å². The summed E-state index contributed by atoms with van der Waals surface area (Å²) < 4.78 is 44.7. The molecule has 1 atom stereocenters. The molecule has 1 aromatic carbocycles. The van der Waals surface area contributed by atoms with Gasteiger partial charge in [0.15, 0.2) is 0 Å². The molecule has 0 bridgehead atoms. The lowest BCUT2D eigenvalue weighted by Crippen LogP contribution is -2.51. The van der Waals surface area contributed by atoms with Gasteiger partial charge in [0, 0.05) is 26.2 Å². The fourth-order valence-electron chi connectivity index (χ4n) is 3.30. The third kappa shape index (κ3) is 5.17. The van der Waals surface area contributed by atoms with E-state index in [4.69, 9.17) is 4.42 Å². The molecule has 29 heavy (non-hydrogen) atoms. The quantitative estimate of drug-likeness (QED) is 0.825. The molecule has 0 aliphatic carbocycles. The third-order valence-corrected chi connectivity index (χ3v) is 4.84. The van der Waals surface area contributed by atoms with Crippen LogP contribution in [0.25, 0.3) is 0 Å². The van der Waals surface area contributed by atoms with Gasteiger partial charge < -0.3 is 14.6 Å². The maximum Gasteiger partial charge on any atom is 0.417 e. The lowest BCUT2D eigenvalue weighted by Gasteiger charge is -2.34. The summed E-state index contributed by atoms with van der Waals surface area (Å²) in [7, 11) is 0. The number of nitrogens with one attached hydrogen (secondary N) is 1. The largest absolute Gasteiger partial charge is 0.467 e. The van der Waals surface area contributed by atoms with E-state index in [0.717, 1.165) is 6.07 Å². The fourth-order valence-corrected chi connectivity index (χ4v) is 3.30. The van der Waals surface area contributed by atoms with Crippen LogP contribution in [-0.2, 0) is 11.0 Å². The molecule has 0 unspecified atom stereocenters. The van der Waals surface area contributed by atoms with Crippen molar-refractivity contribution in [2.24, 2.45) is 0 Å². The molecule has 1 aromatic heterocycles. The van der Waals surface area contributed by atoms with Crippen molar-refractivity contribution in [2.75, 3.05) is 32.7 Å². The second-order valence-electron chi connectivity index (χ2n) is 6.92. The highest BCUT2D eigenvalue weighted by Crippen LogP contribution is 2.32. The van der Waals surface area contributed by atoms with Crippen LogP contribution in [-0.4, -0.2) is 54.3 Å². The van der Waals surface area contributed by atoms with E-state index < -0.39 is 17.6 Å². The summed E-state index contributed by atoms with van der Waals surface area (Å²) in [6.45, 7) is 3.28. The van der Waals surface area contributed by atoms with Gasteiger partial charge in [-0.3, -0.25) is 14.5 Å². The van der Waals surface area contributed by atoms with Crippen LogP contribution in [0, 0.1) is 0 Å². The summed E-state index contributed by atoms with van der Waals surface area (Å²) in [4.78, 5) is 28.1. The highest BCUT2D eigenvalue weighted by molar-refractivity contribution is 5.96. The molecule has 1 aliphatic rings. The number of hydrogen-bond acceptors (Lipinski definition) is 4. The molecule has 1 aliphatic heterocycles. The number of carbonyl (C=O) groups excluding carboxylic acids is 2. The van der Waals surface area contributed by atoms with Gasteiger partial charge in [0.1, 0.15) is 5.76 Å². The van der Waals surface area contributed by atoms with Gasteiger partial charge in [-0.15, -0.1) is 0 Å². The molecule has 0 saturated carbocycles. The molecular formula is C20H22F3N3O3. The number of alkyl halides is 3. The Morgan fingerprint density at radius 2 is 1.79 bits per heavy atom. The topological polar surface area (TPSA) is 65.8 Å². The average Bonchev–Trinajstić information content (AvgIpc) is 3.22. The van der Waals surface area contributed by atoms with Crippen LogP contribution in [0.1, 0.15) is 34.6 Å². The Morgan fingerprint density at radius 3 is 2.41 bits per heavy atom. The maximum atomic E-state index is 13.2. The lowest BCUT2D eigenvalue weighted by atomic mass is 10.1. The number of hydrogen-bond donors (Lipinski definition) is 1. The number of rotatable bonds is 5. The minimum Gasteiger partial charge on any atom is -0.467 e. The first-order valence-electron chi connectivity index (χ1n) is 9.26. The van der Waals surface area contributed by atoms with E-state index in [1.54, 1.807) is 12.1 Å². The predicted molar refractivity (Wildman–Crippen MR) is 99.1 cm³/mol. The van der Waals surface area contributed by atoms with Crippen LogP contribution < -0.4 is 5.32 Å². The zero-order chi connectivity index (χ0) is 21.0. The molecule has 2 amide bonds. The molecular weight excluding hydrogens is 387 g/mol. The van der Waals surface area contributed by atoms with E-state index in [9.17, 15) is 22.8 Å². The first kappa shape index (κ1) is 20.9. The number of halogens is 3. The first-order valence-corrected chi connectivity index (χ1v) is 9.26. The molecule has 1 fully saturated rings. The van der Waals surface area contributed by atoms with E-state index >= 15 is 0 Å². The summed E-state index contributed by atoms with van der Waals surface area (Å²) in [5.41, 5.74) is -1.28. The van der Waals surface area contributed by atoms with E-state index in [2.05, 4.69) is 5.32 Å². The third-order valence-electron chi connectivity index (χ3n) is 4.84. The van der Waals surface area contributed by atoms with Crippen LogP contribution in [0.2, 0.25) is 0 Å². The van der Waals surface area contributed by atoms with E-state index in [0.29, 0.717) is 18.8 Å². The number of carbonyl (C=O) groups is 2. The van der Waals surface area contributed by atoms with Crippen molar-refractivity contribution < 1.29 is 27.2 Å². The Labute approximate surface area is 166 Å². The molecule has 156 valence electrons. The summed E-state index contributed by atoms with van der Waals surface area (Å²) in [6, 6.07) is 8.04. The lowest BCUT2D eigenvalue weighted by molar-refractivity contribution is -0.138. The SMILES string of the molecule is C[C@H](NC(=O)CN1CCN(C(=O)c2ccccc2C(F)(F)F)CC1)c1ccco1. The van der Waals surface area contributed by atoms with Crippen molar-refractivity contribution in [3.8, 4) is 0 Å².